The van der Waals surface area contributed by atoms with E-state index in [0.717, 1.165) is 17.8 Å². The molecule has 0 aliphatic heterocycles. The van der Waals surface area contributed by atoms with E-state index in [1.54, 1.807) is 0 Å². The van der Waals surface area contributed by atoms with Crippen LogP contribution in [0.5, 0.6) is 0 Å². The van der Waals surface area contributed by atoms with Gasteiger partial charge < -0.3 is 5.32 Å². The van der Waals surface area contributed by atoms with Crippen LogP contribution in [0.4, 0.5) is 21.3 Å². The van der Waals surface area contributed by atoms with Gasteiger partial charge in [-0.1, -0.05) is 42.2 Å². The Morgan fingerprint density at radius 2 is 2.00 bits per heavy atom. The van der Waals surface area contributed by atoms with E-state index in [-0.39, 0.29) is 16.4 Å². The van der Waals surface area contributed by atoms with Gasteiger partial charge in [0, 0.05) is 17.7 Å². The van der Waals surface area contributed by atoms with E-state index in [0.29, 0.717) is 11.0 Å². The van der Waals surface area contributed by atoms with Gasteiger partial charge in [-0.25, -0.2) is 4.79 Å². The zero-order chi connectivity index (χ0) is 17.8. The Bertz CT molecular complexity index is 791. The van der Waals surface area contributed by atoms with Crippen molar-refractivity contribution >= 4 is 45.5 Å². The minimum atomic E-state index is -0.605. The second-order valence-electron chi connectivity index (χ2n) is 5.78. The molecule has 1 aliphatic rings. The quantitative estimate of drug-likeness (QED) is 0.584. The van der Waals surface area contributed by atoms with Crippen LogP contribution in [0.1, 0.15) is 43.0 Å². The first kappa shape index (κ1) is 17.6. The molecule has 3 rings (SSSR count). The molecule has 0 radical (unpaired) electrons. The molecule has 0 atom stereocenters. The number of nitrogens with zero attached hydrogens (tertiary/aromatic N) is 3. The number of aromatic nitrogens is 2. The third kappa shape index (κ3) is 4.43. The van der Waals surface area contributed by atoms with E-state index in [2.05, 4.69) is 20.8 Å². The van der Waals surface area contributed by atoms with Crippen molar-refractivity contribution in [1.29, 1.82) is 0 Å². The predicted molar refractivity (Wildman–Crippen MR) is 96.5 cm³/mol. The lowest BCUT2D eigenvalue weighted by Gasteiger charge is -2.18. The second-order valence-corrected chi connectivity index (χ2v) is 7.20. The zero-order valence-electron chi connectivity index (χ0n) is 13.2. The van der Waals surface area contributed by atoms with Crippen molar-refractivity contribution in [2.24, 2.45) is 0 Å². The van der Waals surface area contributed by atoms with Gasteiger partial charge in [0.05, 0.1) is 4.92 Å². The molecule has 0 saturated heterocycles. The predicted octanol–water partition coefficient (Wildman–Crippen LogP) is 4.79. The molecule has 2 aromatic rings. The van der Waals surface area contributed by atoms with Crippen LogP contribution in [-0.4, -0.2) is 21.2 Å². The van der Waals surface area contributed by atoms with Crippen molar-refractivity contribution < 1.29 is 9.72 Å². The van der Waals surface area contributed by atoms with Crippen LogP contribution in [0.25, 0.3) is 0 Å². The molecule has 1 saturated carbocycles. The van der Waals surface area contributed by atoms with Crippen LogP contribution in [-0.2, 0) is 0 Å². The number of carbonyl (C=O) groups is 1. The first-order valence-corrected chi connectivity index (χ1v) is 9.07. The van der Waals surface area contributed by atoms with E-state index in [4.69, 9.17) is 11.6 Å². The average molecular weight is 382 g/mol. The first-order chi connectivity index (χ1) is 12.0. The minimum Gasteiger partial charge on any atom is -0.307 e. The third-order valence-electron chi connectivity index (χ3n) is 4.02. The van der Waals surface area contributed by atoms with Crippen LogP contribution in [0.3, 0.4) is 0 Å². The Morgan fingerprint density at radius 1 is 1.24 bits per heavy atom. The third-order valence-corrected chi connectivity index (χ3v) is 5.34. The minimum absolute atomic E-state index is 0.0113. The molecule has 0 bridgehead atoms. The summed E-state index contributed by atoms with van der Waals surface area (Å²) in [5.74, 6) is 0.420. The SMILES string of the molecule is O=C(Nc1ccc(Cl)c([N+](=O)[O-])c1)Nc1nnc(C2CCCCC2)s1. The maximum absolute atomic E-state index is 12.0. The number of nitrogens with one attached hydrogen (secondary N) is 2. The Kier molecular flexibility index (Phi) is 5.44. The molecule has 1 aliphatic carbocycles. The van der Waals surface area contributed by atoms with Crippen molar-refractivity contribution in [3.05, 3.63) is 38.3 Å². The van der Waals surface area contributed by atoms with Gasteiger partial charge in [-0.3, -0.25) is 15.4 Å². The van der Waals surface area contributed by atoms with Crippen LogP contribution < -0.4 is 10.6 Å². The van der Waals surface area contributed by atoms with E-state index in [9.17, 15) is 14.9 Å². The highest BCUT2D eigenvalue weighted by atomic mass is 35.5. The Morgan fingerprint density at radius 3 is 2.72 bits per heavy atom. The number of nitro groups is 1. The van der Waals surface area contributed by atoms with Crippen LogP contribution >= 0.6 is 22.9 Å². The van der Waals surface area contributed by atoms with Gasteiger partial charge in [0.1, 0.15) is 10.0 Å². The number of benzene rings is 1. The normalized spacial score (nSPS) is 14.9. The summed E-state index contributed by atoms with van der Waals surface area (Å²) in [6, 6.07) is 3.52. The summed E-state index contributed by atoms with van der Waals surface area (Å²) in [6.45, 7) is 0. The van der Waals surface area contributed by atoms with Crippen molar-refractivity contribution in [2.75, 3.05) is 10.6 Å². The molecule has 1 aromatic heterocycles. The average Bonchev–Trinajstić information content (AvgIpc) is 3.05. The molecule has 1 fully saturated rings. The van der Waals surface area contributed by atoms with Crippen LogP contribution in [0, 0.1) is 10.1 Å². The van der Waals surface area contributed by atoms with Crippen molar-refractivity contribution in [2.45, 2.75) is 38.0 Å². The molecule has 8 nitrogen and oxygen atoms in total. The number of carbonyl (C=O) groups excluding carboxylic acids is 1. The Labute approximate surface area is 152 Å². The second kappa shape index (κ2) is 7.75. The molecule has 2 N–H and O–H groups in total. The van der Waals surface area contributed by atoms with E-state index >= 15 is 0 Å². The smallest absolute Gasteiger partial charge is 0.307 e. The number of anilines is 2. The van der Waals surface area contributed by atoms with Gasteiger partial charge in [-0.05, 0) is 25.0 Å². The largest absolute Gasteiger partial charge is 0.325 e. The van der Waals surface area contributed by atoms with E-state index in [1.165, 1.54) is 48.8 Å². The van der Waals surface area contributed by atoms with Crippen molar-refractivity contribution in [1.82, 2.24) is 10.2 Å². The summed E-state index contributed by atoms with van der Waals surface area (Å²) in [5.41, 5.74) is 0.000543. The number of nitro benzene ring substituents is 1. The monoisotopic (exact) mass is 381 g/mol. The lowest BCUT2D eigenvalue weighted by atomic mass is 9.90. The molecule has 1 heterocycles. The fourth-order valence-electron chi connectivity index (χ4n) is 2.79. The summed E-state index contributed by atoms with van der Waals surface area (Å²) in [4.78, 5) is 22.3. The van der Waals surface area contributed by atoms with E-state index in [1.807, 2.05) is 0 Å². The molecular formula is C15H16ClN5O3S. The van der Waals surface area contributed by atoms with Crippen LogP contribution in [0.2, 0.25) is 5.02 Å². The molecular weight excluding hydrogens is 366 g/mol. The summed E-state index contributed by atoms with van der Waals surface area (Å²) in [5, 5.41) is 25.5. The first-order valence-electron chi connectivity index (χ1n) is 7.88. The maximum Gasteiger partial charge on any atom is 0.325 e. The molecule has 0 spiro atoms. The standard InChI is InChI=1S/C15H16ClN5O3S/c16-11-7-6-10(8-12(11)21(23)24)17-14(22)18-15-20-19-13(25-15)9-4-2-1-3-5-9/h6-9H,1-5H2,(H2,17,18,20,22). The summed E-state index contributed by atoms with van der Waals surface area (Å²) in [7, 11) is 0. The molecule has 2 amide bonds. The van der Waals surface area contributed by atoms with Crippen molar-refractivity contribution in [3.8, 4) is 0 Å². The van der Waals surface area contributed by atoms with E-state index < -0.39 is 11.0 Å². The van der Waals surface area contributed by atoms with Gasteiger partial charge >= 0.3 is 6.03 Å². The van der Waals surface area contributed by atoms with Gasteiger partial charge in [0.2, 0.25) is 5.13 Å². The molecule has 1 aromatic carbocycles. The fraction of sp³-hybridized carbons (Fsp3) is 0.400. The molecule has 10 heteroatoms. The zero-order valence-corrected chi connectivity index (χ0v) is 14.8. The Balaban J connectivity index is 1.62. The van der Waals surface area contributed by atoms with Gasteiger partial charge in [0.25, 0.3) is 5.69 Å². The summed E-state index contributed by atoms with van der Waals surface area (Å²) < 4.78 is 0. The number of amides is 2. The Hall–Kier alpha value is -2.26. The number of urea groups is 1. The molecule has 25 heavy (non-hydrogen) atoms. The van der Waals surface area contributed by atoms with Crippen LogP contribution in [0.15, 0.2) is 18.2 Å². The topological polar surface area (TPSA) is 110 Å². The highest BCUT2D eigenvalue weighted by Gasteiger charge is 2.20. The number of hydrogen-bond donors (Lipinski definition) is 2. The summed E-state index contributed by atoms with van der Waals surface area (Å²) >= 11 is 7.11. The maximum atomic E-state index is 12.0. The van der Waals surface area contributed by atoms with Crippen molar-refractivity contribution in [3.63, 3.8) is 0 Å². The molecule has 132 valence electrons. The number of rotatable bonds is 4. The number of halogens is 1. The summed E-state index contributed by atoms with van der Waals surface area (Å²) in [6.07, 6.45) is 5.87. The van der Waals surface area contributed by atoms with Gasteiger partial charge in [-0.15, -0.1) is 10.2 Å². The highest BCUT2D eigenvalue weighted by Crippen LogP contribution is 2.35. The highest BCUT2D eigenvalue weighted by molar-refractivity contribution is 7.15. The molecule has 0 unspecified atom stereocenters. The number of hydrogen-bond acceptors (Lipinski definition) is 6. The lowest BCUT2D eigenvalue weighted by molar-refractivity contribution is -0.384. The lowest BCUT2D eigenvalue weighted by Crippen LogP contribution is -2.19. The van der Waals surface area contributed by atoms with Gasteiger partial charge in [0.15, 0.2) is 0 Å². The fourth-order valence-corrected chi connectivity index (χ4v) is 3.88. The van der Waals surface area contributed by atoms with Gasteiger partial charge in [-0.2, -0.15) is 0 Å².